The molecule has 1 aliphatic heterocycles. The predicted octanol–water partition coefficient (Wildman–Crippen LogP) is 2.11. The number of hydrogen-bond donors (Lipinski definition) is 2. The Hall–Kier alpha value is -0.810. The van der Waals surface area contributed by atoms with Gasteiger partial charge in [0.1, 0.15) is 6.04 Å². The molecule has 2 unspecified atom stereocenters. The van der Waals surface area contributed by atoms with E-state index >= 15 is 0 Å². The maximum absolute atomic E-state index is 10.7. The molecule has 0 amide bonds. The van der Waals surface area contributed by atoms with Gasteiger partial charge in [-0.05, 0) is 18.2 Å². The van der Waals surface area contributed by atoms with Gasteiger partial charge in [-0.2, -0.15) is 0 Å². The quantitative estimate of drug-likeness (QED) is 0.868. The Morgan fingerprint density at radius 3 is 2.82 bits per heavy atom. The monoisotopic (exact) mass is 275 g/mol. The fraction of sp³-hybridized carbons (Fsp3) is 0.364. The highest BCUT2D eigenvalue weighted by atomic mass is 35.5. The zero-order valence-electron chi connectivity index (χ0n) is 8.82. The number of rotatable bonds is 2. The molecule has 92 valence electrons. The number of benzene rings is 1. The van der Waals surface area contributed by atoms with E-state index < -0.39 is 12.0 Å². The second kappa shape index (κ2) is 5.23. The standard InChI is InChI=1S/C11H11Cl2NO3/c12-6-1-2-8(13)7(3-6)10-4-14-9(5-17-10)11(15)16/h1-3,9-10,14H,4-5H2,(H,15,16). The van der Waals surface area contributed by atoms with Crippen molar-refractivity contribution >= 4 is 29.2 Å². The van der Waals surface area contributed by atoms with Crippen molar-refractivity contribution in [1.29, 1.82) is 0 Å². The molecule has 2 rings (SSSR count). The van der Waals surface area contributed by atoms with E-state index in [-0.39, 0.29) is 12.7 Å². The fourth-order valence-corrected chi connectivity index (χ4v) is 2.12. The van der Waals surface area contributed by atoms with E-state index in [2.05, 4.69) is 5.32 Å². The fourth-order valence-electron chi connectivity index (χ4n) is 1.70. The van der Waals surface area contributed by atoms with Gasteiger partial charge in [0.2, 0.25) is 0 Å². The highest BCUT2D eigenvalue weighted by Crippen LogP contribution is 2.29. The number of nitrogens with one attached hydrogen (secondary N) is 1. The lowest BCUT2D eigenvalue weighted by molar-refractivity contribution is -0.144. The SMILES string of the molecule is O=C(O)C1COC(c2cc(Cl)ccc2Cl)CN1. The number of carboxylic acids is 1. The van der Waals surface area contributed by atoms with Gasteiger partial charge in [-0.15, -0.1) is 0 Å². The molecule has 1 fully saturated rings. The Labute approximate surface area is 108 Å². The van der Waals surface area contributed by atoms with Crippen LogP contribution in [0.15, 0.2) is 18.2 Å². The largest absolute Gasteiger partial charge is 0.480 e. The molecule has 1 saturated heterocycles. The molecule has 4 nitrogen and oxygen atoms in total. The molecule has 2 N–H and O–H groups in total. The van der Waals surface area contributed by atoms with E-state index in [0.717, 1.165) is 5.56 Å². The van der Waals surface area contributed by atoms with Crippen LogP contribution in [0.25, 0.3) is 0 Å². The summed E-state index contributed by atoms with van der Waals surface area (Å²) in [6, 6.07) is 4.47. The van der Waals surface area contributed by atoms with Crippen molar-refractivity contribution in [2.45, 2.75) is 12.1 Å². The summed E-state index contributed by atoms with van der Waals surface area (Å²) in [5, 5.41) is 12.8. The minimum atomic E-state index is -0.916. The Morgan fingerprint density at radius 2 is 2.24 bits per heavy atom. The van der Waals surface area contributed by atoms with Gasteiger partial charge >= 0.3 is 5.97 Å². The molecule has 1 heterocycles. The van der Waals surface area contributed by atoms with Crippen LogP contribution in [-0.2, 0) is 9.53 Å². The average Bonchev–Trinajstić information content (AvgIpc) is 2.32. The van der Waals surface area contributed by atoms with E-state index in [1.165, 1.54) is 0 Å². The number of halogens is 2. The third kappa shape index (κ3) is 2.90. The Kier molecular flexibility index (Phi) is 3.89. The van der Waals surface area contributed by atoms with Crippen LogP contribution in [0.2, 0.25) is 10.0 Å². The molecule has 0 saturated carbocycles. The summed E-state index contributed by atoms with van der Waals surface area (Å²) in [5.41, 5.74) is 0.774. The molecule has 1 aromatic rings. The zero-order valence-corrected chi connectivity index (χ0v) is 10.3. The molecule has 0 radical (unpaired) electrons. The number of hydrogen-bond acceptors (Lipinski definition) is 3. The number of morpholine rings is 1. The number of carbonyl (C=O) groups is 1. The van der Waals surface area contributed by atoms with Gasteiger partial charge in [-0.1, -0.05) is 23.2 Å². The summed E-state index contributed by atoms with van der Waals surface area (Å²) in [6.07, 6.45) is -0.267. The maximum atomic E-state index is 10.7. The van der Waals surface area contributed by atoms with Gasteiger partial charge in [-0.25, -0.2) is 0 Å². The summed E-state index contributed by atoms with van der Waals surface area (Å²) < 4.78 is 5.49. The van der Waals surface area contributed by atoms with Crippen molar-refractivity contribution < 1.29 is 14.6 Å². The topological polar surface area (TPSA) is 58.6 Å². The molecule has 1 aromatic carbocycles. The van der Waals surface area contributed by atoms with Crippen molar-refractivity contribution in [2.75, 3.05) is 13.2 Å². The summed E-state index contributed by atoms with van der Waals surface area (Å²) in [6.45, 7) is 0.514. The minimum absolute atomic E-state index is 0.114. The lowest BCUT2D eigenvalue weighted by atomic mass is 10.1. The zero-order chi connectivity index (χ0) is 12.4. The van der Waals surface area contributed by atoms with Crippen LogP contribution in [0.1, 0.15) is 11.7 Å². The summed E-state index contributed by atoms with van der Waals surface area (Å²) in [7, 11) is 0. The maximum Gasteiger partial charge on any atom is 0.323 e. The Bertz CT molecular complexity index is 431. The number of ether oxygens (including phenoxy) is 1. The third-order valence-corrected chi connectivity index (χ3v) is 3.20. The Morgan fingerprint density at radius 1 is 1.47 bits per heavy atom. The first-order chi connectivity index (χ1) is 8.08. The second-order valence-electron chi connectivity index (χ2n) is 3.79. The van der Waals surface area contributed by atoms with Crippen LogP contribution in [0.4, 0.5) is 0 Å². The first-order valence-corrected chi connectivity index (χ1v) is 5.86. The number of aliphatic carboxylic acids is 1. The molecule has 0 bridgehead atoms. The first-order valence-electron chi connectivity index (χ1n) is 5.10. The lowest BCUT2D eigenvalue weighted by Gasteiger charge is -2.28. The predicted molar refractivity (Wildman–Crippen MR) is 64.6 cm³/mol. The van der Waals surface area contributed by atoms with Gasteiger partial charge in [0.25, 0.3) is 0 Å². The van der Waals surface area contributed by atoms with E-state index in [9.17, 15) is 4.79 Å². The molecule has 0 aromatic heterocycles. The van der Waals surface area contributed by atoms with Crippen LogP contribution in [0.3, 0.4) is 0 Å². The van der Waals surface area contributed by atoms with Crippen molar-refractivity contribution in [1.82, 2.24) is 5.32 Å². The van der Waals surface area contributed by atoms with Crippen molar-refractivity contribution in [3.63, 3.8) is 0 Å². The highest BCUT2D eigenvalue weighted by Gasteiger charge is 2.27. The highest BCUT2D eigenvalue weighted by molar-refractivity contribution is 6.33. The summed E-state index contributed by atoms with van der Waals surface area (Å²) >= 11 is 11.9. The normalized spacial score (nSPS) is 24.6. The van der Waals surface area contributed by atoms with Crippen LogP contribution < -0.4 is 5.32 Å². The molecule has 0 aliphatic carbocycles. The van der Waals surface area contributed by atoms with Crippen LogP contribution in [-0.4, -0.2) is 30.3 Å². The van der Waals surface area contributed by atoms with Crippen LogP contribution in [0.5, 0.6) is 0 Å². The average molecular weight is 276 g/mol. The van der Waals surface area contributed by atoms with Gasteiger partial charge in [0.15, 0.2) is 0 Å². The molecule has 1 aliphatic rings. The molecule has 2 atom stereocenters. The molecular weight excluding hydrogens is 265 g/mol. The number of carboxylic acid groups (broad SMARTS) is 1. The minimum Gasteiger partial charge on any atom is -0.480 e. The van der Waals surface area contributed by atoms with Gasteiger partial charge in [0.05, 0.1) is 12.7 Å². The smallest absolute Gasteiger partial charge is 0.323 e. The van der Waals surface area contributed by atoms with Gasteiger partial charge in [0, 0.05) is 22.2 Å². The van der Waals surface area contributed by atoms with Crippen molar-refractivity contribution in [2.24, 2.45) is 0 Å². The molecule has 0 spiro atoms. The first kappa shape index (κ1) is 12.6. The van der Waals surface area contributed by atoms with Gasteiger partial charge in [-0.3, -0.25) is 10.1 Å². The van der Waals surface area contributed by atoms with E-state index in [4.69, 9.17) is 33.0 Å². The summed E-state index contributed by atoms with van der Waals surface area (Å²) in [5.74, 6) is -0.916. The van der Waals surface area contributed by atoms with Crippen LogP contribution in [0, 0.1) is 0 Å². The third-order valence-electron chi connectivity index (χ3n) is 2.62. The second-order valence-corrected chi connectivity index (χ2v) is 4.63. The van der Waals surface area contributed by atoms with Crippen LogP contribution >= 0.6 is 23.2 Å². The van der Waals surface area contributed by atoms with E-state index in [1.54, 1.807) is 18.2 Å². The molecular formula is C11H11Cl2NO3. The van der Waals surface area contributed by atoms with Crippen molar-refractivity contribution in [3.05, 3.63) is 33.8 Å². The molecule has 17 heavy (non-hydrogen) atoms. The van der Waals surface area contributed by atoms with Gasteiger partial charge < -0.3 is 9.84 Å². The van der Waals surface area contributed by atoms with Crippen molar-refractivity contribution in [3.8, 4) is 0 Å². The van der Waals surface area contributed by atoms with E-state index in [0.29, 0.717) is 16.6 Å². The summed E-state index contributed by atoms with van der Waals surface area (Å²) in [4.78, 5) is 10.7. The Balaban J connectivity index is 2.10. The van der Waals surface area contributed by atoms with E-state index in [1.807, 2.05) is 0 Å². The molecule has 6 heteroatoms. The lowest BCUT2D eigenvalue weighted by Crippen LogP contribution is -2.47.